The summed E-state index contributed by atoms with van der Waals surface area (Å²) in [6, 6.07) is 1.32. The van der Waals surface area contributed by atoms with Gasteiger partial charge in [-0.3, -0.25) is 4.79 Å². The molecule has 1 amide bonds. The fourth-order valence-electron chi connectivity index (χ4n) is 0.209. The van der Waals surface area contributed by atoms with Crippen molar-refractivity contribution in [3.63, 3.8) is 0 Å². The van der Waals surface area contributed by atoms with E-state index in [1.165, 1.54) is 6.07 Å². The summed E-state index contributed by atoms with van der Waals surface area (Å²) in [7, 11) is 0. The van der Waals surface area contributed by atoms with Crippen molar-refractivity contribution < 1.29 is 14.0 Å². The molecule has 0 aliphatic heterocycles. The summed E-state index contributed by atoms with van der Waals surface area (Å²) in [5.41, 5.74) is 3.94. The standard InChI is InChI=1S/C4H4FN3O2/c5-2-10-8-3(1-6)4(7)9/h2H2,(H2,7,9)/b8-3+. The first-order valence-electron chi connectivity index (χ1n) is 2.18. The molecule has 6 heteroatoms. The van der Waals surface area contributed by atoms with E-state index in [-0.39, 0.29) is 0 Å². The van der Waals surface area contributed by atoms with Crippen LogP contribution in [0.4, 0.5) is 4.39 Å². The number of nitriles is 1. The third-order valence-corrected chi connectivity index (χ3v) is 0.544. The average Bonchev–Trinajstić information content (AvgIpc) is 1.89. The lowest BCUT2D eigenvalue weighted by Gasteiger charge is -1.88. The van der Waals surface area contributed by atoms with Crippen LogP contribution in [0.2, 0.25) is 0 Å². The summed E-state index contributed by atoms with van der Waals surface area (Å²) in [5.74, 6) is -1.05. The van der Waals surface area contributed by atoms with Gasteiger partial charge in [-0.05, 0) is 0 Å². The Morgan fingerprint density at radius 2 is 2.50 bits per heavy atom. The molecule has 54 valence electrons. The minimum Gasteiger partial charge on any atom is -0.364 e. The van der Waals surface area contributed by atoms with Gasteiger partial charge >= 0.3 is 0 Å². The number of halogens is 1. The molecule has 0 aromatic heterocycles. The highest BCUT2D eigenvalue weighted by Crippen LogP contribution is 1.79. The molecule has 0 saturated heterocycles. The molecule has 0 aliphatic carbocycles. The second-order valence-corrected chi connectivity index (χ2v) is 1.15. The zero-order valence-corrected chi connectivity index (χ0v) is 4.87. The summed E-state index contributed by atoms with van der Waals surface area (Å²) < 4.78 is 11.2. The van der Waals surface area contributed by atoms with E-state index in [0.29, 0.717) is 0 Å². The molecule has 0 aromatic carbocycles. The molecule has 0 aromatic rings. The monoisotopic (exact) mass is 145 g/mol. The Hall–Kier alpha value is -1.64. The van der Waals surface area contributed by atoms with Gasteiger partial charge in [-0.2, -0.15) is 5.26 Å². The normalized spacial score (nSPS) is 10.2. The SMILES string of the molecule is N#C/C(=N\OCF)C(N)=O. The van der Waals surface area contributed by atoms with E-state index in [1.807, 2.05) is 0 Å². The van der Waals surface area contributed by atoms with Crippen molar-refractivity contribution in [1.29, 1.82) is 5.26 Å². The van der Waals surface area contributed by atoms with Crippen molar-refractivity contribution in [2.24, 2.45) is 10.9 Å². The predicted octanol–water partition coefficient (Wildman–Crippen LogP) is -0.705. The van der Waals surface area contributed by atoms with Crippen molar-refractivity contribution in [2.45, 2.75) is 0 Å². The first-order valence-corrected chi connectivity index (χ1v) is 2.18. The van der Waals surface area contributed by atoms with E-state index in [9.17, 15) is 9.18 Å². The molecule has 0 atom stereocenters. The highest BCUT2D eigenvalue weighted by atomic mass is 19.1. The van der Waals surface area contributed by atoms with E-state index >= 15 is 0 Å². The zero-order valence-electron chi connectivity index (χ0n) is 4.87. The first-order chi connectivity index (χ1) is 4.72. The number of alkyl halides is 1. The summed E-state index contributed by atoms with van der Waals surface area (Å²) in [6.07, 6.45) is 0. The van der Waals surface area contributed by atoms with Crippen LogP contribution >= 0.6 is 0 Å². The lowest BCUT2D eigenvalue weighted by molar-refractivity contribution is -0.112. The summed E-state index contributed by atoms with van der Waals surface area (Å²) >= 11 is 0. The van der Waals surface area contributed by atoms with Crippen LogP contribution in [-0.4, -0.2) is 18.5 Å². The van der Waals surface area contributed by atoms with Crippen molar-refractivity contribution in [1.82, 2.24) is 0 Å². The molecule has 0 rings (SSSR count). The average molecular weight is 145 g/mol. The topological polar surface area (TPSA) is 88.5 Å². The minimum atomic E-state index is -1.20. The van der Waals surface area contributed by atoms with E-state index in [2.05, 4.69) is 15.7 Å². The largest absolute Gasteiger partial charge is 0.364 e. The number of nitrogens with zero attached hydrogens (tertiary/aromatic N) is 2. The Labute approximate surface area is 55.9 Å². The van der Waals surface area contributed by atoms with Crippen LogP contribution < -0.4 is 5.73 Å². The molecule has 0 unspecified atom stereocenters. The van der Waals surface area contributed by atoms with Gasteiger partial charge < -0.3 is 10.6 Å². The van der Waals surface area contributed by atoms with Crippen molar-refractivity contribution in [3.05, 3.63) is 0 Å². The number of rotatable bonds is 3. The quantitative estimate of drug-likeness (QED) is 0.420. The fraction of sp³-hybridized carbons (Fsp3) is 0.250. The van der Waals surface area contributed by atoms with Crippen LogP contribution in [0.15, 0.2) is 5.16 Å². The number of hydrogen-bond donors (Lipinski definition) is 1. The Morgan fingerprint density at radius 3 is 2.80 bits per heavy atom. The Balaban J connectivity index is 4.09. The van der Waals surface area contributed by atoms with Crippen molar-refractivity contribution in [3.8, 4) is 6.07 Å². The Morgan fingerprint density at radius 1 is 1.90 bits per heavy atom. The van der Waals surface area contributed by atoms with Gasteiger partial charge in [0.15, 0.2) is 0 Å². The second-order valence-electron chi connectivity index (χ2n) is 1.15. The number of amides is 1. The number of carbonyl (C=O) groups excluding carboxylic acids is 1. The van der Waals surface area contributed by atoms with E-state index < -0.39 is 18.5 Å². The van der Waals surface area contributed by atoms with Gasteiger partial charge in [0.2, 0.25) is 5.71 Å². The van der Waals surface area contributed by atoms with Crippen LogP contribution in [0.25, 0.3) is 0 Å². The molecular formula is C4H4FN3O2. The minimum absolute atomic E-state index is 0.655. The van der Waals surface area contributed by atoms with Gasteiger partial charge in [0.1, 0.15) is 6.07 Å². The van der Waals surface area contributed by atoms with Gasteiger partial charge in [0.25, 0.3) is 12.8 Å². The third kappa shape index (κ3) is 2.61. The first kappa shape index (κ1) is 8.36. The molecule has 10 heavy (non-hydrogen) atoms. The predicted molar refractivity (Wildman–Crippen MR) is 29.3 cm³/mol. The molecular weight excluding hydrogens is 141 g/mol. The number of hydrogen-bond acceptors (Lipinski definition) is 4. The smallest absolute Gasteiger partial charge is 0.281 e. The highest BCUT2D eigenvalue weighted by Gasteiger charge is 2.04. The summed E-state index contributed by atoms with van der Waals surface area (Å²) in [6.45, 7) is -1.20. The summed E-state index contributed by atoms with van der Waals surface area (Å²) in [4.78, 5) is 13.8. The highest BCUT2D eigenvalue weighted by molar-refractivity contribution is 6.44. The van der Waals surface area contributed by atoms with Gasteiger partial charge in [0, 0.05) is 0 Å². The molecule has 0 bridgehead atoms. The van der Waals surface area contributed by atoms with Crippen LogP contribution in [-0.2, 0) is 9.63 Å². The number of carbonyl (C=O) groups is 1. The summed E-state index contributed by atoms with van der Waals surface area (Å²) in [5, 5.41) is 10.8. The second kappa shape index (κ2) is 4.26. The molecule has 2 N–H and O–H groups in total. The Bertz CT molecular complexity index is 195. The molecule has 5 nitrogen and oxygen atoms in total. The Kier molecular flexibility index (Phi) is 3.56. The lowest BCUT2D eigenvalue weighted by atomic mass is 10.4. The molecule has 0 spiro atoms. The van der Waals surface area contributed by atoms with Crippen LogP contribution in [0.5, 0.6) is 0 Å². The maximum Gasteiger partial charge on any atom is 0.281 e. The van der Waals surface area contributed by atoms with E-state index in [0.717, 1.165) is 0 Å². The molecule has 0 aliphatic rings. The molecule has 0 fully saturated rings. The maximum absolute atomic E-state index is 11.2. The third-order valence-electron chi connectivity index (χ3n) is 0.544. The van der Waals surface area contributed by atoms with Crippen molar-refractivity contribution >= 4 is 11.6 Å². The lowest BCUT2D eigenvalue weighted by Crippen LogP contribution is -2.21. The molecule has 0 radical (unpaired) electrons. The van der Waals surface area contributed by atoms with Gasteiger partial charge in [0.05, 0.1) is 0 Å². The van der Waals surface area contributed by atoms with Gasteiger partial charge in [-0.1, -0.05) is 5.16 Å². The number of primary amides is 1. The van der Waals surface area contributed by atoms with E-state index in [4.69, 9.17) is 5.26 Å². The van der Waals surface area contributed by atoms with Gasteiger partial charge in [-0.25, -0.2) is 4.39 Å². The number of oxime groups is 1. The molecule has 0 heterocycles. The zero-order chi connectivity index (χ0) is 7.98. The van der Waals surface area contributed by atoms with Crippen LogP contribution in [0, 0.1) is 11.3 Å². The molecule has 0 saturated carbocycles. The van der Waals surface area contributed by atoms with Gasteiger partial charge in [-0.15, -0.1) is 0 Å². The van der Waals surface area contributed by atoms with Crippen LogP contribution in [0.1, 0.15) is 0 Å². The van der Waals surface area contributed by atoms with Crippen LogP contribution in [0.3, 0.4) is 0 Å². The fourth-order valence-corrected chi connectivity index (χ4v) is 0.209. The maximum atomic E-state index is 11.2. The van der Waals surface area contributed by atoms with Crippen molar-refractivity contribution in [2.75, 3.05) is 6.86 Å². The number of nitrogens with two attached hydrogens (primary N) is 1. The van der Waals surface area contributed by atoms with E-state index in [1.54, 1.807) is 0 Å².